The van der Waals surface area contributed by atoms with Crippen molar-refractivity contribution in [2.45, 2.75) is 37.8 Å². The summed E-state index contributed by atoms with van der Waals surface area (Å²) >= 11 is 0. The van der Waals surface area contributed by atoms with Crippen molar-refractivity contribution >= 4 is 0 Å². The monoisotopic (exact) mass is 241 g/mol. The SMILES string of the molecule is CCC1COCCN1C1(CN)CCCN(C)C1. The summed E-state index contributed by atoms with van der Waals surface area (Å²) in [6.45, 7) is 8.13. The molecule has 100 valence electrons. The van der Waals surface area contributed by atoms with Crippen LogP contribution in [0.25, 0.3) is 0 Å². The fourth-order valence-electron chi connectivity index (χ4n) is 3.47. The molecule has 0 aromatic carbocycles. The number of nitrogens with zero attached hydrogens (tertiary/aromatic N) is 2. The lowest BCUT2D eigenvalue weighted by atomic mass is 9.85. The molecule has 2 saturated heterocycles. The Hall–Kier alpha value is -0.160. The standard InChI is InChI=1S/C13H27N3O/c1-3-12-9-17-8-7-16(12)13(10-14)5-4-6-15(2)11-13/h12H,3-11,14H2,1-2H3. The zero-order valence-electron chi connectivity index (χ0n) is 11.3. The topological polar surface area (TPSA) is 41.7 Å². The fraction of sp³-hybridized carbons (Fsp3) is 1.00. The summed E-state index contributed by atoms with van der Waals surface area (Å²) in [5.41, 5.74) is 6.33. The van der Waals surface area contributed by atoms with Crippen LogP contribution in [-0.4, -0.2) is 67.8 Å². The van der Waals surface area contributed by atoms with Gasteiger partial charge in [0.05, 0.1) is 13.2 Å². The van der Waals surface area contributed by atoms with Crippen molar-refractivity contribution in [2.24, 2.45) is 5.73 Å². The van der Waals surface area contributed by atoms with Gasteiger partial charge in [0, 0.05) is 31.2 Å². The minimum absolute atomic E-state index is 0.192. The van der Waals surface area contributed by atoms with E-state index < -0.39 is 0 Å². The molecule has 4 heteroatoms. The van der Waals surface area contributed by atoms with Crippen molar-refractivity contribution in [1.29, 1.82) is 0 Å². The van der Waals surface area contributed by atoms with Gasteiger partial charge in [0.15, 0.2) is 0 Å². The van der Waals surface area contributed by atoms with E-state index in [1.807, 2.05) is 0 Å². The summed E-state index contributed by atoms with van der Waals surface area (Å²) in [5, 5.41) is 0. The van der Waals surface area contributed by atoms with E-state index in [2.05, 4.69) is 23.8 Å². The summed E-state index contributed by atoms with van der Waals surface area (Å²) in [4.78, 5) is 5.07. The zero-order valence-corrected chi connectivity index (χ0v) is 11.3. The second-order valence-electron chi connectivity index (χ2n) is 5.60. The predicted octanol–water partition coefficient (Wildman–Crippen LogP) is 0.520. The van der Waals surface area contributed by atoms with Crippen LogP contribution in [0.15, 0.2) is 0 Å². The van der Waals surface area contributed by atoms with Crippen LogP contribution in [0.3, 0.4) is 0 Å². The molecule has 2 fully saturated rings. The number of hydrogen-bond acceptors (Lipinski definition) is 4. The molecule has 2 heterocycles. The molecular weight excluding hydrogens is 214 g/mol. The Morgan fingerprint density at radius 1 is 1.41 bits per heavy atom. The Balaban J connectivity index is 2.14. The smallest absolute Gasteiger partial charge is 0.0622 e. The molecule has 2 aliphatic heterocycles. The normalized spacial score (nSPS) is 37.2. The second-order valence-corrected chi connectivity index (χ2v) is 5.60. The van der Waals surface area contributed by atoms with Crippen LogP contribution in [0.5, 0.6) is 0 Å². The molecule has 2 atom stereocenters. The van der Waals surface area contributed by atoms with E-state index in [0.717, 1.165) is 39.3 Å². The number of morpholine rings is 1. The maximum absolute atomic E-state index is 6.14. The first-order chi connectivity index (χ1) is 8.22. The third kappa shape index (κ3) is 2.65. The van der Waals surface area contributed by atoms with Gasteiger partial charge in [-0.05, 0) is 32.9 Å². The molecule has 2 N–H and O–H groups in total. The zero-order chi connectivity index (χ0) is 12.3. The van der Waals surface area contributed by atoms with Gasteiger partial charge in [-0.1, -0.05) is 6.92 Å². The summed E-state index contributed by atoms with van der Waals surface area (Å²) < 4.78 is 5.61. The summed E-state index contributed by atoms with van der Waals surface area (Å²) in [7, 11) is 2.21. The van der Waals surface area contributed by atoms with Crippen LogP contribution in [0, 0.1) is 0 Å². The molecule has 0 aliphatic carbocycles. The van der Waals surface area contributed by atoms with Gasteiger partial charge in [-0.25, -0.2) is 0 Å². The predicted molar refractivity (Wildman–Crippen MR) is 70.1 cm³/mol. The van der Waals surface area contributed by atoms with Gasteiger partial charge in [0.2, 0.25) is 0 Å². The fourth-order valence-corrected chi connectivity index (χ4v) is 3.47. The summed E-state index contributed by atoms with van der Waals surface area (Å²) in [6.07, 6.45) is 3.66. The van der Waals surface area contributed by atoms with E-state index in [4.69, 9.17) is 10.5 Å². The van der Waals surface area contributed by atoms with E-state index in [0.29, 0.717) is 6.04 Å². The molecule has 2 aliphatic rings. The minimum Gasteiger partial charge on any atom is -0.378 e. The largest absolute Gasteiger partial charge is 0.378 e. The molecule has 0 saturated carbocycles. The maximum atomic E-state index is 6.14. The molecule has 0 aromatic heterocycles. The van der Waals surface area contributed by atoms with E-state index in [1.165, 1.54) is 19.4 Å². The average molecular weight is 241 g/mol. The highest BCUT2D eigenvalue weighted by Gasteiger charge is 2.42. The Labute approximate surface area is 105 Å². The van der Waals surface area contributed by atoms with Gasteiger partial charge >= 0.3 is 0 Å². The van der Waals surface area contributed by atoms with E-state index in [9.17, 15) is 0 Å². The molecule has 2 unspecified atom stereocenters. The molecule has 0 spiro atoms. The molecule has 2 rings (SSSR count). The van der Waals surface area contributed by atoms with Crippen LogP contribution in [0.1, 0.15) is 26.2 Å². The van der Waals surface area contributed by atoms with E-state index in [1.54, 1.807) is 0 Å². The molecule has 4 nitrogen and oxygen atoms in total. The van der Waals surface area contributed by atoms with Crippen molar-refractivity contribution in [1.82, 2.24) is 9.80 Å². The van der Waals surface area contributed by atoms with Crippen LogP contribution in [0.4, 0.5) is 0 Å². The Bertz CT molecular complexity index is 249. The highest BCUT2D eigenvalue weighted by molar-refractivity contribution is 5.00. The third-order valence-corrected chi connectivity index (χ3v) is 4.43. The van der Waals surface area contributed by atoms with Crippen molar-refractivity contribution in [3.8, 4) is 0 Å². The summed E-state index contributed by atoms with van der Waals surface area (Å²) in [6, 6.07) is 0.554. The molecule has 0 radical (unpaired) electrons. The van der Waals surface area contributed by atoms with Crippen molar-refractivity contribution in [3.63, 3.8) is 0 Å². The second kappa shape index (κ2) is 5.65. The van der Waals surface area contributed by atoms with Gasteiger partial charge in [0.25, 0.3) is 0 Å². The van der Waals surface area contributed by atoms with Gasteiger partial charge < -0.3 is 15.4 Å². The highest BCUT2D eigenvalue weighted by Crippen LogP contribution is 2.30. The molecule has 0 amide bonds. The van der Waals surface area contributed by atoms with Gasteiger partial charge in [-0.15, -0.1) is 0 Å². The molecule has 0 aromatic rings. The van der Waals surface area contributed by atoms with E-state index in [-0.39, 0.29) is 5.54 Å². The van der Waals surface area contributed by atoms with Crippen molar-refractivity contribution < 1.29 is 4.74 Å². The van der Waals surface area contributed by atoms with Crippen LogP contribution >= 0.6 is 0 Å². The summed E-state index contributed by atoms with van der Waals surface area (Å²) in [5.74, 6) is 0. The Morgan fingerprint density at radius 3 is 2.88 bits per heavy atom. The average Bonchev–Trinajstić information content (AvgIpc) is 2.38. The first-order valence-electron chi connectivity index (χ1n) is 6.95. The lowest BCUT2D eigenvalue weighted by molar-refractivity contribution is -0.0834. The maximum Gasteiger partial charge on any atom is 0.0622 e. The number of hydrogen-bond donors (Lipinski definition) is 1. The van der Waals surface area contributed by atoms with Gasteiger partial charge in [-0.2, -0.15) is 0 Å². The highest BCUT2D eigenvalue weighted by atomic mass is 16.5. The lowest BCUT2D eigenvalue weighted by Gasteiger charge is -2.52. The quantitative estimate of drug-likeness (QED) is 0.782. The third-order valence-electron chi connectivity index (χ3n) is 4.43. The number of ether oxygens (including phenoxy) is 1. The number of rotatable bonds is 3. The first-order valence-corrected chi connectivity index (χ1v) is 6.95. The van der Waals surface area contributed by atoms with Crippen LogP contribution in [0.2, 0.25) is 0 Å². The van der Waals surface area contributed by atoms with Crippen molar-refractivity contribution in [3.05, 3.63) is 0 Å². The minimum atomic E-state index is 0.192. The molecule has 17 heavy (non-hydrogen) atoms. The van der Waals surface area contributed by atoms with Gasteiger partial charge in [-0.3, -0.25) is 4.90 Å². The number of piperidine rings is 1. The Kier molecular flexibility index (Phi) is 4.42. The Morgan fingerprint density at radius 2 is 2.24 bits per heavy atom. The molecule has 0 bridgehead atoms. The molecular formula is C13H27N3O. The number of likely N-dealkylation sites (tertiary alicyclic amines) is 1. The van der Waals surface area contributed by atoms with Crippen LogP contribution < -0.4 is 5.73 Å². The first kappa shape index (κ1) is 13.3. The van der Waals surface area contributed by atoms with Gasteiger partial charge in [0.1, 0.15) is 0 Å². The number of likely N-dealkylation sites (N-methyl/N-ethyl adjacent to an activating group) is 1. The van der Waals surface area contributed by atoms with E-state index >= 15 is 0 Å². The lowest BCUT2D eigenvalue weighted by Crippen LogP contribution is -2.67. The number of nitrogens with two attached hydrogens (primary N) is 1. The van der Waals surface area contributed by atoms with Crippen molar-refractivity contribution in [2.75, 3.05) is 46.4 Å². The van der Waals surface area contributed by atoms with Crippen LogP contribution in [-0.2, 0) is 4.74 Å².